The summed E-state index contributed by atoms with van der Waals surface area (Å²) in [4.78, 5) is 25.4. The standard InChI is InChI=1S/C33H35Cl2FN2O5S/c1-32(20-30(39)40)18-28(22-5-3-6-26(35)17-22)29(37-31(32)41)19-33(23-8-9-23,24-10-12-25(34)13-11-24)38(44(42)43)15-14-21-4-2-7-27(36)16-21/h2-7,10-13,16-17,23,28-29,44H,8-9,14-15,18-20H2,1H3,(H,37,41)(H,39,40)/t28-,29+,32+,33+/m1/s1. The Bertz CT molecular complexity index is 1610. The predicted molar refractivity (Wildman–Crippen MR) is 169 cm³/mol. The number of thiol groups is 1. The number of carbonyl (C=O) groups is 2. The summed E-state index contributed by atoms with van der Waals surface area (Å²) in [6.07, 6.45) is 1.97. The van der Waals surface area contributed by atoms with Crippen molar-refractivity contribution >= 4 is 46.0 Å². The first-order chi connectivity index (χ1) is 20.9. The number of piperidine rings is 1. The van der Waals surface area contributed by atoms with Gasteiger partial charge >= 0.3 is 5.97 Å². The number of amides is 1. The Kier molecular flexibility index (Phi) is 9.70. The fraction of sp³-hybridized carbons (Fsp3) is 0.394. The van der Waals surface area contributed by atoms with Crippen LogP contribution in [0.15, 0.2) is 72.8 Å². The van der Waals surface area contributed by atoms with E-state index in [-0.39, 0.29) is 50.0 Å². The molecule has 3 aromatic rings. The number of halogens is 3. The molecule has 0 bridgehead atoms. The highest BCUT2D eigenvalue weighted by Gasteiger charge is 2.55. The molecule has 234 valence electrons. The van der Waals surface area contributed by atoms with E-state index in [1.54, 1.807) is 37.3 Å². The van der Waals surface area contributed by atoms with Crippen LogP contribution in [0.4, 0.5) is 4.39 Å². The molecule has 44 heavy (non-hydrogen) atoms. The van der Waals surface area contributed by atoms with Gasteiger partial charge in [-0.15, -0.1) is 0 Å². The quantitative estimate of drug-likeness (QED) is 0.196. The van der Waals surface area contributed by atoms with E-state index in [2.05, 4.69) is 5.32 Å². The van der Waals surface area contributed by atoms with Gasteiger partial charge in [-0.3, -0.25) is 9.59 Å². The van der Waals surface area contributed by atoms with Crippen molar-refractivity contribution in [3.8, 4) is 0 Å². The number of rotatable bonds is 12. The van der Waals surface area contributed by atoms with Crippen LogP contribution in [0.1, 0.15) is 61.6 Å². The summed E-state index contributed by atoms with van der Waals surface area (Å²) in [5, 5.41) is 13.8. The fourth-order valence-electron chi connectivity index (χ4n) is 6.90. The second kappa shape index (κ2) is 13.2. The maximum atomic E-state index is 14.0. The number of carboxylic acid groups (broad SMARTS) is 1. The van der Waals surface area contributed by atoms with Crippen LogP contribution in [-0.4, -0.2) is 42.3 Å². The van der Waals surface area contributed by atoms with E-state index in [0.29, 0.717) is 15.6 Å². The van der Waals surface area contributed by atoms with Gasteiger partial charge in [0.25, 0.3) is 0 Å². The van der Waals surface area contributed by atoms with Crippen LogP contribution >= 0.6 is 23.2 Å². The lowest BCUT2D eigenvalue weighted by molar-refractivity contribution is -0.147. The van der Waals surface area contributed by atoms with E-state index in [0.717, 1.165) is 24.0 Å². The van der Waals surface area contributed by atoms with Crippen molar-refractivity contribution in [3.63, 3.8) is 0 Å². The molecule has 2 N–H and O–H groups in total. The van der Waals surface area contributed by atoms with Crippen LogP contribution < -0.4 is 5.32 Å². The number of hydrogen-bond acceptors (Lipinski definition) is 4. The number of carbonyl (C=O) groups excluding carboxylic acids is 1. The second-order valence-corrected chi connectivity index (χ2v) is 14.1. The summed E-state index contributed by atoms with van der Waals surface area (Å²) >= 11 is 12.7. The first kappa shape index (κ1) is 32.4. The van der Waals surface area contributed by atoms with Crippen molar-refractivity contribution in [1.82, 2.24) is 9.62 Å². The van der Waals surface area contributed by atoms with Crippen LogP contribution in [0.3, 0.4) is 0 Å². The normalized spacial score (nSPS) is 23.4. The lowest BCUT2D eigenvalue weighted by Gasteiger charge is -2.49. The zero-order chi connectivity index (χ0) is 31.6. The van der Waals surface area contributed by atoms with Gasteiger partial charge in [-0.2, -0.15) is 4.31 Å². The topological polar surface area (TPSA) is 104 Å². The molecule has 0 radical (unpaired) electrons. The Hall–Kier alpha value is -2.98. The van der Waals surface area contributed by atoms with E-state index in [9.17, 15) is 27.5 Å². The molecule has 3 aromatic carbocycles. The van der Waals surface area contributed by atoms with Gasteiger partial charge in [-0.05, 0) is 91.1 Å². The summed E-state index contributed by atoms with van der Waals surface area (Å²) in [6.45, 7) is 1.75. The lowest BCUT2D eigenvalue weighted by atomic mass is 9.66. The average Bonchev–Trinajstić information content (AvgIpc) is 3.80. The average molecular weight is 662 g/mol. The highest BCUT2D eigenvalue weighted by atomic mass is 35.5. The van der Waals surface area contributed by atoms with Crippen LogP contribution in [-0.2, 0) is 32.4 Å². The summed E-state index contributed by atoms with van der Waals surface area (Å²) in [7, 11) is -3.13. The highest BCUT2D eigenvalue weighted by Crippen LogP contribution is 2.55. The Morgan fingerprint density at radius 2 is 1.77 bits per heavy atom. The number of nitrogens with zero attached hydrogens (tertiary/aromatic N) is 1. The maximum absolute atomic E-state index is 14.0. The third-order valence-electron chi connectivity index (χ3n) is 9.13. The van der Waals surface area contributed by atoms with Crippen molar-refractivity contribution < 1.29 is 27.5 Å². The Morgan fingerprint density at radius 1 is 1.07 bits per heavy atom. The van der Waals surface area contributed by atoms with E-state index < -0.39 is 39.7 Å². The zero-order valence-electron chi connectivity index (χ0n) is 24.2. The van der Waals surface area contributed by atoms with Crippen molar-refractivity contribution in [2.24, 2.45) is 11.3 Å². The lowest BCUT2D eigenvalue weighted by Crippen LogP contribution is -2.58. The SMILES string of the molecule is C[C@@]1(CC(=O)O)C[C@H](c2cccc(Cl)c2)[C@H](C[C@@](c2ccc(Cl)cc2)(C2CC2)N(CCc2cccc(F)c2)[SH](=O)=O)NC1=O. The van der Waals surface area contributed by atoms with E-state index in [1.807, 2.05) is 30.3 Å². The van der Waals surface area contributed by atoms with Crippen molar-refractivity contribution in [3.05, 3.63) is 105 Å². The van der Waals surface area contributed by atoms with Gasteiger partial charge in [-0.25, -0.2) is 12.8 Å². The molecule has 5 rings (SSSR count). The molecule has 1 saturated heterocycles. The summed E-state index contributed by atoms with van der Waals surface area (Å²) < 4.78 is 42.0. The summed E-state index contributed by atoms with van der Waals surface area (Å²) in [6, 6.07) is 20.0. The minimum Gasteiger partial charge on any atom is -0.481 e. The van der Waals surface area contributed by atoms with Crippen molar-refractivity contribution in [2.45, 2.75) is 62.9 Å². The van der Waals surface area contributed by atoms with Crippen LogP contribution in [0, 0.1) is 17.2 Å². The van der Waals surface area contributed by atoms with Gasteiger partial charge < -0.3 is 10.4 Å². The molecule has 1 aliphatic heterocycles. The van der Waals surface area contributed by atoms with Gasteiger partial charge in [0.15, 0.2) is 0 Å². The molecule has 4 atom stereocenters. The molecule has 2 fully saturated rings. The number of hydrogen-bond donors (Lipinski definition) is 3. The summed E-state index contributed by atoms with van der Waals surface area (Å²) in [5.74, 6) is -2.26. The van der Waals surface area contributed by atoms with Gasteiger partial charge in [-0.1, -0.05) is 66.5 Å². The number of benzene rings is 3. The molecule has 0 aromatic heterocycles. The van der Waals surface area contributed by atoms with Crippen LogP contribution in [0.2, 0.25) is 10.0 Å². The third-order valence-corrected chi connectivity index (χ3v) is 10.6. The van der Waals surface area contributed by atoms with Gasteiger partial charge in [0.1, 0.15) is 5.82 Å². The second-order valence-electron chi connectivity index (χ2n) is 12.2. The number of aliphatic carboxylic acids is 1. The third kappa shape index (κ3) is 6.96. The Balaban J connectivity index is 1.61. The molecule has 2 aliphatic rings. The molecule has 11 heteroatoms. The number of carboxylic acids is 1. The van der Waals surface area contributed by atoms with Gasteiger partial charge in [0.05, 0.1) is 17.4 Å². The van der Waals surface area contributed by atoms with E-state index in [1.165, 1.54) is 16.4 Å². The maximum Gasteiger partial charge on any atom is 0.304 e. The monoisotopic (exact) mass is 660 g/mol. The zero-order valence-corrected chi connectivity index (χ0v) is 26.6. The van der Waals surface area contributed by atoms with Gasteiger partial charge in [0.2, 0.25) is 16.8 Å². The molecule has 0 unspecified atom stereocenters. The van der Waals surface area contributed by atoms with Crippen molar-refractivity contribution in [1.29, 1.82) is 0 Å². The van der Waals surface area contributed by atoms with E-state index >= 15 is 0 Å². The Labute approximate surface area is 268 Å². The van der Waals surface area contributed by atoms with Crippen LogP contribution in [0.5, 0.6) is 0 Å². The van der Waals surface area contributed by atoms with Crippen LogP contribution in [0.25, 0.3) is 0 Å². The molecule has 1 heterocycles. The smallest absolute Gasteiger partial charge is 0.304 e. The van der Waals surface area contributed by atoms with Crippen molar-refractivity contribution in [2.75, 3.05) is 6.54 Å². The molecule has 7 nitrogen and oxygen atoms in total. The highest BCUT2D eigenvalue weighted by molar-refractivity contribution is 7.69. The molecule has 1 saturated carbocycles. The summed E-state index contributed by atoms with van der Waals surface area (Å²) in [5.41, 5.74) is 0.0134. The fourth-order valence-corrected chi connectivity index (χ4v) is 8.14. The molecular formula is C33H35Cl2FN2O5S. The Morgan fingerprint density at radius 3 is 2.39 bits per heavy atom. The first-order valence-corrected chi connectivity index (χ1v) is 16.5. The molecular weight excluding hydrogens is 626 g/mol. The first-order valence-electron chi connectivity index (χ1n) is 14.6. The molecule has 1 aliphatic carbocycles. The predicted octanol–water partition coefficient (Wildman–Crippen LogP) is 6.35. The largest absolute Gasteiger partial charge is 0.481 e. The molecule has 0 spiro atoms. The van der Waals surface area contributed by atoms with E-state index in [4.69, 9.17) is 23.2 Å². The minimum atomic E-state index is -3.13. The minimum absolute atomic E-state index is 0.0478. The molecule has 1 amide bonds. The number of nitrogens with one attached hydrogen (secondary N) is 1. The van der Waals surface area contributed by atoms with Gasteiger partial charge in [0, 0.05) is 28.5 Å².